The third kappa shape index (κ3) is 2.64. The van der Waals surface area contributed by atoms with Gasteiger partial charge in [-0.3, -0.25) is 24.5 Å². The van der Waals surface area contributed by atoms with Gasteiger partial charge in [0.05, 0.1) is 0 Å². The minimum atomic E-state index is -0.635. The van der Waals surface area contributed by atoms with Crippen LogP contribution in [0.1, 0.15) is 56.5 Å². The first-order chi connectivity index (χ1) is 13.0. The molecule has 1 aliphatic carbocycles. The van der Waals surface area contributed by atoms with Crippen LogP contribution in [0.4, 0.5) is 5.69 Å². The number of rotatable bonds is 3. The number of piperidine rings is 1. The maximum atomic E-state index is 12.9. The third-order valence-corrected chi connectivity index (χ3v) is 7.08. The van der Waals surface area contributed by atoms with Crippen LogP contribution in [0.15, 0.2) is 18.2 Å². The predicted octanol–water partition coefficient (Wildman–Crippen LogP) is 2.07. The van der Waals surface area contributed by atoms with Crippen molar-refractivity contribution in [3.63, 3.8) is 0 Å². The lowest BCUT2D eigenvalue weighted by molar-refractivity contribution is -0.137. The van der Waals surface area contributed by atoms with Gasteiger partial charge in [-0.05, 0) is 34.9 Å². The highest BCUT2D eigenvalue weighted by Crippen LogP contribution is 2.68. The molecule has 4 amide bonds. The van der Waals surface area contributed by atoms with Crippen LogP contribution in [-0.4, -0.2) is 34.6 Å². The van der Waals surface area contributed by atoms with Crippen LogP contribution < -0.4 is 10.6 Å². The summed E-state index contributed by atoms with van der Waals surface area (Å²) in [5, 5.41) is 5.24. The second-order valence-electron chi connectivity index (χ2n) is 9.14. The van der Waals surface area contributed by atoms with Crippen LogP contribution in [-0.2, 0) is 20.9 Å². The number of nitrogens with zero attached hydrogens (tertiary/aromatic N) is 1. The van der Waals surface area contributed by atoms with Gasteiger partial charge in [-0.25, -0.2) is 0 Å². The van der Waals surface area contributed by atoms with Crippen molar-refractivity contribution in [3.05, 3.63) is 29.3 Å². The summed E-state index contributed by atoms with van der Waals surface area (Å²) < 4.78 is 0. The van der Waals surface area contributed by atoms with E-state index in [0.29, 0.717) is 24.2 Å². The molecular formula is C21H25N3O4. The molecule has 1 saturated carbocycles. The minimum absolute atomic E-state index is 0.0394. The summed E-state index contributed by atoms with van der Waals surface area (Å²) in [4.78, 5) is 50.5. The molecule has 0 spiro atoms. The molecule has 148 valence electrons. The number of fused-ring (bicyclic) bond motifs is 1. The van der Waals surface area contributed by atoms with Crippen molar-refractivity contribution in [1.82, 2.24) is 10.2 Å². The van der Waals surface area contributed by atoms with Crippen molar-refractivity contribution in [2.75, 3.05) is 5.32 Å². The number of hydrogen-bond acceptors (Lipinski definition) is 4. The van der Waals surface area contributed by atoms with Crippen molar-refractivity contribution < 1.29 is 19.2 Å². The van der Waals surface area contributed by atoms with E-state index in [1.54, 1.807) is 12.1 Å². The largest absolute Gasteiger partial charge is 0.326 e. The van der Waals surface area contributed by atoms with Gasteiger partial charge in [-0.15, -0.1) is 0 Å². The Hall–Kier alpha value is -2.70. The second-order valence-corrected chi connectivity index (χ2v) is 9.14. The predicted molar refractivity (Wildman–Crippen MR) is 102 cm³/mol. The summed E-state index contributed by atoms with van der Waals surface area (Å²) in [6, 6.07) is 4.66. The number of benzene rings is 1. The van der Waals surface area contributed by atoms with Gasteiger partial charge in [-0.1, -0.05) is 33.8 Å². The molecule has 2 aliphatic heterocycles. The Bertz CT molecular complexity index is 904. The average Bonchev–Trinajstić information content (AvgIpc) is 2.84. The molecule has 0 radical (unpaired) electrons. The highest BCUT2D eigenvalue weighted by molar-refractivity contribution is 6.06. The molecule has 1 atom stereocenters. The number of amides is 4. The SMILES string of the molecule is CC1(C)C(C(=O)Nc2ccc3c(c2)C(=O)N(C2CCC(=O)NC2=O)C3)C1(C)C. The zero-order valence-electron chi connectivity index (χ0n) is 16.6. The molecule has 28 heavy (non-hydrogen) atoms. The van der Waals surface area contributed by atoms with E-state index in [1.165, 1.54) is 4.90 Å². The molecular weight excluding hydrogens is 358 g/mol. The van der Waals surface area contributed by atoms with E-state index in [2.05, 4.69) is 38.3 Å². The van der Waals surface area contributed by atoms with Crippen molar-refractivity contribution in [2.24, 2.45) is 16.7 Å². The van der Waals surface area contributed by atoms with E-state index in [0.717, 1.165) is 5.56 Å². The summed E-state index contributed by atoms with van der Waals surface area (Å²) in [7, 11) is 0. The smallest absolute Gasteiger partial charge is 0.255 e. The number of nitrogens with one attached hydrogen (secondary N) is 2. The molecule has 2 heterocycles. The number of hydrogen-bond donors (Lipinski definition) is 2. The van der Waals surface area contributed by atoms with Crippen LogP contribution in [0.25, 0.3) is 0 Å². The molecule has 4 rings (SSSR count). The lowest BCUT2D eigenvalue weighted by Crippen LogP contribution is -2.52. The molecule has 3 aliphatic rings. The Labute approximate surface area is 163 Å². The van der Waals surface area contributed by atoms with Crippen LogP contribution in [0.2, 0.25) is 0 Å². The maximum Gasteiger partial charge on any atom is 0.255 e. The van der Waals surface area contributed by atoms with Crippen LogP contribution in [0, 0.1) is 16.7 Å². The molecule has 7 nitrogen and oxygen atoms in total. The molecule has 1 saturated heterocycles. The molecule has 2 fully saturated rings. The number of carbonyl (C=O) groups is 4. The van der Waals surface area contributed by atoms with Gasteiger partial charge in [0.15, 0.2) is 0 Å². The fourth-order valence-corrected chi connectivity index (χ4v) is 4.70. The monoisotopic (exact) mass is 383 g/mol. The van der Waals surface area contributed by atoms with Gasteiger partial charge in [-0.2, -0.15) is 0 Å². The number of carbonyl (C=O) groups excluding carboxylic acids is 4. The molecule has 2 N–H and O–H groups in total. The average molecular weight is 383 g/mol. The fourth-order valence-electron chi connectivity index (χ4n) is 4.70. The second kappa shape index (κ2) is 5.90. The highest BCUT2D eigenvalue weighted by atomic mass is 16.2. The number of imide groups is 1. The summed E-state index contributed by atoms with van der Waals surface area (Å²) in [6.07, 6.45) is 0.560. The molecule has 1 unspecified atom stereocenters. The van der Waals surface area contributed by atoms with Crippen LogP contribution >= 0.6 is 0 Å². The van der Waals surface area contributed by atoms with Crippen LogP contribution in [0.5, 0.6) is 0 Å². The number of anilines is 1. The van der Waals surface area contributed by atoms with Crippen molar-refractivity contribution in [3.8, 4) is 0 Å². The Kier molecular flexibility index (Phi) is 3.93. The summed E-state index contributed by atoms with van der Waals surface area (Å²) in [6.45, 7) is 8.67. The van der Waals surface area contributed by atoms with E-state index in [-0.39, 0.29) is 40.9 Å². The first kappa shape index (κ1) is 18.7. The van der Waals surface area contributed by atoms with Crippen LogP contribution in [0.3, 0.4) is 0 Å². The van der Waals surface area contributed by atoms with Crippen molar-refractivity contribution in [2.45, 2.75) is 53.1 Å². The molecule has 0 aromatic heterocycles. The summed E-state index contributed by atoms with van der Waals surface area (Å²) in [5.74, 6) is -1.09. The van der Waals surface area contributed by atoms with Gasteiger partial charge in [0.2, 0.25) is 17.7 Å². The van der Waals surface area contributed by atoms with Crippen molar-refractivity contribution in [1.29, 1.82) is 0 Å². The first-order valence-electron chi connectivity index (χ1n) is 9.62. The zero-order valence-corrected chi connectivity index (χ0v) is 16.6. The lowest BCUT2D eigenvalue weighted by atomic mass is 10.0. The van der Waals surface area contributed by atoms with Gasteiger partial charge in [0, 0.05) is 30.1 Å². The Morgan fingerprint density at radius 3 is 2.43 bits per heavy atom. The van der Waals surface area contributed by atoms with E-state index >= 15 is 0 Å². The van der Waals surface area contributed by atoms with Gasteiger partial charge in [0.25, 0.3) is 5.91 Å². The third-order valence-electron chi connectivity index (χ3n) is 7.08. The van der Waals surface area contributed by atoms with E-state index in [1.807, 2.05) is 6.07 Å². The topological polar surface area (TPSA) is 95.6 Å². The minimum Gasteiger partial charge on any atom is -0.326 e. The van der Waals surface area contributed by atoms with E-state index in [4.69, 9.17) is 0 Å². The first-order valence-corrected chi connectivity index (χ1v) is 9.62. The maximum absolute atomic E-state index is 12.9. The van der Waals surface area contributed by atoms with E-state index in [9.17, 15) is 19.2 Å². The summed E-state index contributed by atoms with van der Waals surface area (Å²) in [5.41, 5.74) is 1.77. The van der Waals surface area contributed by atoms with Gasteiger partial charge in [0.1, 0.15) is 6.04 Å². The van der Waals surface area contributed by atoms with E-state index < -0.39 is 11.9 Å². The van der Waals surface area contributed by atoms with Gasteiger partial charge >= 0.3 is 0 Å². The fraction of sp³-hybridized carbons (Fsp3) is 0.524. The summed E-state index contributed by atoms with van der Waals surface area (Å²) >= 11 is 0. The molecule has 0 bridgehead atoms. The standard InChI is InChI=1S/C21H25N3O4/c1-20(2)16(21(20,3)4)18(27)22-12-6-5-11-10-24(19(28)13(11)9-12)14-7-8-15(25)23-17(14)26/h5-6,9,14,16H,7-8,10H2,1-4H3,(H,22,27)(H,23,25,26). The zero-order chi connectivity index (χ0) is 20.4. The quantitative estimate of drug-likeness (QED) is 0.781. The molecule has 1 aromatic carbocycles. The molecule has 1 aromatic rings. The Morgan fingerprint density at radius 1 is 1.14 bits per heavy atom. The van der Waals surface area contributed by atoms with Crippen molar-refractivity contribution >= 4 is 29.3 Å². The Morgan fingerprint density at radius 2 is 1.82 bits per heavy atom. The molecule has 7 heteroatoms. The Balaban J connectivity index is 1.50. The van der Waals surface area contributed by atoms with Gasteiger partial charge < -0.3 is 10.2 Å². The normalized spacial score (nSPS) is 25.4. The lowest BCUT2D eigenvalue weighted by Gasteiger charge is -2.29. The highest BCUT2D eigenvalue weighted by Gasteiger charge is 2.68.